The van der Waals surface area contributed by atoms with E-state index in [1.54, 1.807) is 35.2 Å². The molecule has 2 aromatic rings. The van der Waals surface area contributed by atoms with Gasteiger partial charge in [-0.05, 0) is 54.1 Å². The van der Waals surface area contributed by atoms with E-state index >= 15 is 0 Å². The van der Waals surface area contributed by atoms with Crippen LogP contribution in [0.1, 0.15) is 17.5 Å². The van der Waals surface area contributed by atoms with E-state index < -0.39 is 5.18 Å². The Kier molecular flexibility index (Phi) is 4.70. The molecule has 0 aliphatic carbocycles. The molecule has 5 nitrogen and oxygen atoms in total. The van der Waals surface area contributed by atoms with Gasteiger partial charge in [-0.2, -0.15) is 0 Å². The van der Waals surface area contributed by atoms with Crippen molar-refractivity contribution in [3.05, 3.63) is 73.6 Å². The number of halogens is 3. The molecule has 148 valence electrons. The fraction of sp³-hybridized carbons (Fsp3) is 0.200. The summed E-state index contributed by atoms with van der Waals surface area (Å²) in [7, 11) is 0. The lowest BCUT2D eigenvalue weighted by atomic mass is 10.1. The number of hydrogen-bond donors (Lipinski definition) is 0. The Labute approximate surface area is 186 Å². The first-order chi connectivity index (χ1) is 14.0. The summed E-state index contributed by atoms with van der Waals surface area (Å²) in [4.78, 5) is 23.3. The highest BCUT2D eigenvalue weighted by Gasteiger charge is 2.62. The van der Waals surface area contributed by atoms with Gasteiger partial charge >= 0.3 is 5.18 Å². The Morgan fingerprint density at radius 2 is 1.72 bits per heavy atom. The predicted octanol–water partition coefficient (Wildman–Crippen LogP) is 5.27. The molecule has 1 atom stereocenters. The Morgan fingerprint density at radius 3 is 2.45 bits per heavy atom. The molecule has 0 aromatic heterocycles. The van der Waals surface area contributed by atoms with E-state index in [1.807, 2.05) is 23.1 Å². The largest absolute Gasteiger partial charge is 0.348 e. The van der Waals surface area contributed by atoms with Crippen molar-refractivity contribution in [3.8, 4) is 0 Å². The number of oxime groups is 1. The number of nitrogens with zero attached hydrogens (tertiary/aromatic N) is 3. The minimum atomic E-state index is -1.05. The van der Waals surface area contributed by atoms with Crippen LogP contribution in [0.5, 0.6) is 0 Å². The van der Waals surface area contributed by atoms with Gasteiger partial charge in [0, 0.05) is 18.1 Å². The molecule has 1 spiro atoms. The number of benzene rings is 2. The molecule has 0 radical (unpaired) electrons. The van der Waals surface area contributed by atoms with Crippen LogP contribution in [0.25, 0.3) is 6.08 Å². The molecule has 1 amide bonds. The van der Waals surface area contributed by atoms with Crippen LogP contribution >= 0.6 is 46.6 Å². The number of carbonyl (C=O) groups is 1. The number of hydrogen-bond acceptors (Lipinski definition) is 5. The van der Waals surface area contributed by atoms with Crippen LogP contribution in [0.3, 0.4) is 0 Å². The molecule has 0 saturated carbocycles. The maximum atomic E-state index is 13.1. The summed E-state index contributed by atoms with van der Waals surface area (Å²) in [5.74, 6) is 0.453. The third-order valence-corrected chi connectivity index (χ3v) is 7.18. The van der Waals surface area contributed by atoms with Crippen molar-refractivity contribution in [2.24, 2.45) is 5.16 Å². The van der Waals surface area contributed by atoms with Gasteiger partial charge in [0.25, 0.3) is 5.91 Å². The SMILES string of the molecule is O=C1/C(=C/c2ccc(Cl)cc2)SC23ON=C(c4c(Cl)cccc4Cl)N2CCCN13. The molecule has 9 heteroatoms. The smallest absolute Gasteiger partial charge is 0.332 e. The van der Waals surface area contributed by atoms with Crippen LogP contribution in [0.15, 0.2) is 52.5 Å². The highest BCUT2D eigenvalue weighted by molar-refractivity contribution is 8.05. The van der Waals surface area contributed by atoms with Crippen LogP contribution in [0, 0.1) is 0 Å². The van der Waals surface area contributed by atoms with Gasteiger partial charge in [-0.15, -0.1) is 0 Å². The van der Waals surface area contributed by atoms with E-state index in [2.05, 4.69) is 5.16 Å². The summed E-state index contributed by atoms with van der Waals surface area (Å²) < 4.78 is 0. The molecular formula is C20H14Cl3N3O2S. The van der Waals surface area contributed by atoms with E-state index in [1.165, 1.54) is 11.8 Å². The summed E-state index contributed by atoms with van der Waals surface area (Å²) in [5.41, 5.74) is 1.50. The normalized spacial score (nSPS) is 24.4. The quantitative estimate of drug-likeness (QED) is 0.566. The number of carbonyl (C=O) groups excluding carboxylic acids is 1. The second kappa shape index (κ2) is 7.13. The Bertz CT molecular complexity index is 1050. The van der Waals surface area contributed by atoms with Crippen molar-refractivity contribution in [1.29, 1.82) is 0 Å². The van der Waals surface area contributed by atoms with Crippen LogP contribution in [0.2, 0.25) is 15.1 Å². The van der Waals surface area contributed by atoms with Gasteiger partial charge in [0.1, 0.15) is 0 Å². The standard InChI is InChI=1S/C20H14Cl3N3O2S/c21-13-7-5-12(6-8-13)11-16-19(27)26-10-2-9-25-18(24-28-20(25,26)29-16)17-14(22)3-1-4-15(17)23/h1,3-8,11H,2,9-10H2/b16-11-. The zero-order chi connectivity index (χ0) is 20.2. The maximum Gasteiger partial charge on any atom is 0.348 e. The summed E-state index contributed by atoms with van der Waals surface area (Å²) >= 11 is 20.1. The lowest BCUT2D eigenvalue weighted by molar-refractivity contribution is -0.167. The molecule has 2 aromatic carbocycles. The molecule has 3 aliphatic heterocycles. The summed E-state index contributed by atoms with van der Waals surface area (Å²) in [6.07, 6.45) is 2.63. The van der Waals surface area contributed by atoms with Crippen molar-refractivity contribution in [2.75, 3.05) is 13.1 Å². The van der Waals surface area contributed by atoms with Gasteiger partial charge in [-0.1, -0.05) is 58.2 Å². The highest BCUT2D eigenvalue weighted by atomic mass is 35.5. The average Bonchev–Trinajstić information content (AvgIpc) is 3.20. The fourth-order valence-corrected chi connectivity index (χ4v) is 5.70. The molecule has 5 rings (SSSR count). The lowest BCUT2D eigenvalue weighted by Gasteiger charge is -2.42. The van der Waals surface area contributed by atoms with Crippen molar-refractivity contribution < 1.29 is 9.63 Å². The third kappa shape index (κ3) is 3.01. The van der Waals surface area contributed by atoms with E-state index in [-0.39, 0.29) is 5.91 Å². The van der Waals surface area contributed by atoms with Crippen molar-refractivity contribution in [3.63, 3.8) is 0 Å². The maximum absolute atomic E-state index is 13.1. The second-order valence-electron chi connectivity index (χ2n) is 6.78. The van der Waals surface area contributed by atoms with Gasteiger partial charge in [-0.3, -0.25) is 14.6 Å². The molecule has 2 fully saturated rings. The number of amidine groups is 1. The highest BCUT2D eigenvalue weighted by Crippen LogP contribution is 2.52. The Hall–Kier alpha value is -1.86. The number of thioether (sulfide) groups is 1. The van der Waals surface area contributed by atoms with Gasteiger partial charge in [0.2, 0.25) is 0 Å². The topological polar surface area (TPSA) is 45.1 Å². The molecule has 0 bridgehead atoms. The van der Waals surface area contributed by atoms with Crippen LogP contribution in [0.4, 0.5) is 0 Å². The Morgan fingerprint density at radius 1 is 1.03 bits per heavy atom. The van der Waals surface area contributed by atoms with Crippen LogP contribution < -0.4 is 0 Å². The van der Waals surface area contributed by atoms with Crippen molar-refractivity contribution >= 4 is 64.4 Å². The second-order valence-corrected chi connectivity index (χ2v) is 9.20. The van der Waals surface area contributed by atoms with Crippen molar-refractivity contribution in [2.45, 2.75) is 11.6 Å². The van der Waals surface area contributed by atoms with Crippen molar-refractivity contribution in [1.82, 2.24) is 9.80 Å². The zero-order valence-corrected chi connectivity index (χ0v) is 18.0. The first kappa shape index (κ1) is 19.1. The first-order valence-electron chi connectivity index (χ1n) is 8.96. The molecule has 29 heavy (non-hydrogen) atoms. The molecule has 0 N–H and O–H groups in total. The average molecular weight is 467 g/mol. The molecular weight excluding hydrogens is 453 g/mol. The summed E-state index contributed by atoms with van der Waals surface area (Å²) in [6, 6.07) is 12.6. The third-order valence-electron chi connectivity index (χ3n) is 5.01. The van der Waals surface area contributed by atoms with E-state index in [0.717, 1.165) is 12.0 Å². The zero-order valence-electron chi connectivity index (χ0n) is 14.9. The van der Waals surface area contributed by atoms with Gasteiger partial charge in [0.15, 0.2) is 5.84 Å². The van der Waals surface area contributed by atoms with Crippen LogP contribution in [-0.2, 0) is 9.63 Å². The monoisotopic (exact) mass is 465 g/mol. The fourth-order valence-electron chi connectivity index (χ4n) is 3.68. The molecule has 2 saturated heterocycles. The molecule has 1 unspecified atom stereocenters. The first-order valence-corrected chi connectivity index (χ1v) is 10.9. The minimum Gasteiger partial charge on any atom is -0.332 e. The van der Waals surface area contributed by atoms with Crippen LogP contribution in [-0.4, -0.2) is 39.8 Å². The lowest BCUT2D eigenvalue weighted by Crippen LogP contribution is -2.60. The Balaban J connectivity index is 1.53. The predicted molar refractivity (Wildman–Crippen MR) is 117 cm³/mol. The van der Waals surface area contributed by atoms with Gasteiger partial charge < -0.3 is 4.84 Å². The molecule has 3 heterocycles. The molecule has 3 aliphatic rings. The number of rotatable bonds is 2. The van der Waals surface area contributed by atoms with E-state index in [4.69, 9.17) is 39.6 Å². The summed E-state index contributed by atoms with van der Waals surface area (Å²) in [6.45, 7) is 1.25. The van der Waals surface area contributed by atoms with E-state index in [0.29, 0.717) is 44.5 Å². The van der Waals surface area contributed by atoms with Gasteiger partial charge in [0.05, 0.1) is 20.5 Å². The minimum absolute atomic E-state index is 0.0867. The summed E-state index contributed by atoms with van der Waals surface area (Å²) in [5, 5.41) is 4.88. The number of amides is 1. The van der Waals surface area contributed by atoms with E-state index in [9.17, 15) is 4.79 Å². The van der Waals surface area contributed by atoms with Gasteiger partial charge in [-0.25, -0.2) is 0 Å².